The summed E-state index contributed by atoms with van der Waals surface area (Å²) in [5, 5.41) is 5.30. The van der Waals surface area contributed by atoms with Crippen LogP contribution in [0.5, 0.6) is 0 Å². The first-order chi connectivity index (χ1) is 13.3. The van der Waals surface area contributed by atoms with Crippen LogP contribution in [0.2, 0.25) is 0 Å². The van der Waals surface area contributed by atoms with Crippen molar-refractivity contribution in [3.63, 3.8) is 0 Å². The summed E-state index contributed by atoms with van der Waals surface area (Å²) >= 11 is 3.50. The Morgan fingerprint density at radius 3 is 2.75 bits per heavy atom. The van der Waals surface area contributed by atoms with E-state index >= 15 is 0 Å². The molecule has 0 spiro atoms. The van der Waals surface area contributed by atoms with Gasteiger partial charge in [0.2, 0.25) is 5.91 Å². The highest BCUT2D eigenvalue weighted by Crippen LogP contribution is 2.28. The van der Waals surface area contributed by atoms with E-state index in [1.165, 1.54) is 4.90 Å². The number of halogens is 1. The van der Waals surface area contributed by atoms with Crippen LogP contribution in [0.25, 0.3) is 27.6 Å². The van der Waals surface area contributed by atoms with Gasteiger partial charge in [-0.05, 0) is 25.1 Å². The normalized spacial score (nSPS) is 11.5. The zero-order valence-electron chi connectivity index (χ0n) is 16.0. The van der Waals surface area contributed by atoms with E-state index in [2.05, 4.69) is 26.0 Å². The van der Waals surface area contributed by atoms with E-state index in [1.807, 2.05) is 25.1 Å². The van der Waals surface area contributed by atoms with E-state index in [0.717, 1.165) is 26.4 Å². The predicted molar refractivity (Wildman–Crippen MR) is 111 cm³/mol. The molecule has 0 bridgehead atoms. The van der Waals surface area contributed by atoms with Gasteiger partial charge in [-0.2, -0.15) is 5.10 Å². The number of aryl methyl sites for hydroxylation is 2. The first-order valence-corrected chi connectivity index (χ1v) is 9.47. The molecule has 0 aliphatic rings. The van der Waals surface area contributed by atoms with Crippen molar-refractivity contribution in [1.82, 2.24) is 28.8 Å². The summed E-state index contributed by atoms with van der Waals surface area (Å²) in [5.74, 6) is -0.0714. The maximum Gasteiger partial charge on any atom is 0.333 e. The van der Waals surface area contributed by atoms with Gasteiger partial charge in [0.25, 0.3) is 0 Å². The Morgan fingerprint density at radius 1 is 1.29 bits per heavy atom. The Bertz CT molecular complexity index is 1300. The predicted octanol–water partition coefficient (Wildman–Crippen LogP) is 2.23. The van der Waals surface area contributed by atoms with Crippen molar-refractivity contribution in [2.24, 2.45) is 7.05 Å². The van der Waals surface area contributed by atoms with Gasteiger partial charge < -0.3 is 4.90 Å². The third-order valence-corrected chi connectivity index (χ3v) is 5.30. The van der Waals surface area contributed by atoms with Crippen LogP contribution in [-0.2, 0) is 18.4 Å². The first kappa shape index (κ1) is 18.4. The number of hydrogen-bond donors (Lipinski definition) is 0. The quantitative estimate of drug-likeness (QED) is 0.487. The molecule has 0 atom stereocenters. The first-order valence-electron chi connectivity index (χ1n) is 8.68. The average molecular weight is 443 g/mol. The minimum atomic E-state index is -0.189. The van der Waals surface area contributed by atoms with Crippen molar-refractivity contribution in [2.45, 2.75) is 13.5 Å². The van der Waals surface area contributed by atoms with E-state index in [-0.39, 0.29) is 18.1 Å². The SMILES string of the molecule is Cc1nn(CC(=O)N(C)C)cc1-n1c(=O)n(C)c2cnc3ccc(Br)cc3c21. The average Bonchev–Trinajstić information content (AvgIpc) is 3.12. The van der Waals surface area contributed by atoms with Crippen LogP contribution in [0.15, 0.2) is 39.9 Å². The van der Waals surface area contributed by atoms with Crippen molar-refractivity contribution >= 4 is 43.8 Å². The van der Waals surface area contributed by atoms with Gasteiger partial charge in [-0.3, -0.25) is 23.6 Å². The molecule has 3 aromatic heterocycles. The summed E-state index contributed by atoms with van der Waals surface area (Å²) < 4.78 is 5.69. The fourth-order valence-corrected chi connectivity index (χ4v) is 3.64. The number of likely N-dealkylation sites (N-methyl/N-ethyl adjacent to an activating group) is 1. The Balaban J connectivity index is 2.00. The van der Waals surface area contributed by atoms with Crippen molar-refractivity contribution < 1.29 is 4.79 Å². The Morgan fingerprint density at radius 2 is 2.04 bits per heavy atom. The number of fused-ring (bicyclic) bond motifs is 3. The molecule has 0 fully saturated rings. The number of carbonyl (C=O) groups is 1. The molecular formula is C19H19BrN6O2. The summed E-state index contributed by atoms with van der Waals surface area (Å²) in [6, 6.07) is 5.78. The molecule has 28 heavy (non-hydrogen) atoms. The highest BCUT2D eigenvalue weighted by Gasteiger charge is 2.20. The number of benzene rings is 1. The number of imidazole rings is 1. The summed E-state index contributed by atoms with van der Waals surface area (Å²) in [6.07, 6.45) is 3.45. The zero-order valence-corrected chi connectivity index (χ0v) is 17.6. The van der Waals surface area contributed by atoms with Gasteiger partial charge in [-0.15, -0.1) is 0 Å². The molecule has 3 heterocycles. The molecule has 4 aromatic rings. The lowest BCUT2D eigenvalue weighted by atomic mass is 10.2. The zero-order chi connectivity index (χ0) is 20.2. The molecule has 144 valence electrons. The summed E-state index contributed by atoms with van der Waals surface area (Å²) in [6.45, 7) is 1.94. The second-order valence-corrected chi connectivity index (χ2v) is 7.83. The Hall–Kier alpha value is -2.94. The highest BCUT2D eigenvalue weighted by atomic mass is 79.9. The minimum absolute atomic E-state index is 0.0714. The van der Waals surface area contributed by atoms with Crippen LogP contribution < -0.4 is 5.69 Å². The van der Waals surface area contributed by atoms with Crippen LogP contribution >= 0.6 is 15.9 Å². The van der Waals surface area contributed by atoms with Crippen molar-refractivity contribution in [1.29, 1.82) is 0 Å². The number of aromatic nitrogens is 5. The molecule has 0 N–H and O–H groups in total. The van der Waals surface area contributed by atoms with Gasteiger partial charge in [0.15, 0.2) is 0 Å². The van der Waals surface area contributed by atoms with Gasteiger partial charge in [0.1, 0.15) is 6.54 Å². The van der Waals surface area contributed by atoms with Gasteiger partial charge >= 0.3 is 5.69 Å². The molecule has 0 saturated heterocycles. The minimum Gasteiger partial charge on any atom is -0.347 e. The number of nitrogens with zero attached hydrogens (tertiary/aromatic N) is 6. The largest absolute Gasteiger partial charge is 0.347 e. The molecule has 9 heteroatoms. The van der Waals surface area contributed by atoms with E-state index in [0.29, 0.717) is 11.4 Å². The fraction of sp³-hybridized carbons (Fsp3) is 0.263. The number of amides is 1. The van der Waals surface area contributed by atoms with Crippen LogP contribution in [0, 0.1) is 6.92 Å². The lowest BCUT2D eigenvalue weighted by molar-refractivity contribution is -0.129. The van der Waals surface area contributed by atoms with Crippen LogP contribution in [0.1, 0.15) is 5.69 Å². The smallest absolute Gasteiger partial charge is 0.333 e. The molecule has 8 nitrogen and oxygen atoms in total. The monoisotopic (exact) mass is 442 g/mol. The van der Waals surface area contributed by atoms with Crippen LogP contribution in [0.4, 0.5) is 0 Å². The fourth-order valence-electron chi connectivity index (χ4n) is 3.28. The summed E-state index contributed by atoms with van der Waals surface area (Å²) in [5.41, 5.74) is 3.41. The molecule has 0 aliphatic heterocycles. The molecule has 1 aromatic carbocycles. The lowest BCUT2D eigenvalue weighted by Gasteiger charge is -2.09. The maximum atomic E-state index is 13.1. The van der Waals surface area contributed by atoms with Gasteiger partial charge in [0.05, 0.1) is 40.3 Å². The number of hydrogen-bond acceptors (Lipinski definition) is 4. The van der Waals surface area contributed by atoms with Gasteiger partial charge in [-0.1, -0.05) is 15.9 Å². The second-order valence-electron chi connectivity index (χ2n) is 6.92. The van der Waals surface area contributed by atoms with Gasteiger partial charge in [0, 0.05) is 31.0 Å². The van der Waals surface area contributed by atoms with Crippen molar-refractivity contribution in [3.05, 3.63) is 51.2 Å². The highest BCUT2D eigenvalue weighted by molar-refractivity contribution is 9.10. The topological polar surface area (TPSA) is 78.0 Å². The second kappa shape index (κ2) is 6.59. The lowest BCUT2D eigenvalue weighted by Crippen LogP contribution is -2.26. The summed E-state index contributed by atoms with van der Waals surface area (Å²) in [7, 11) is 5.12. The Labute approximate surface area is 169 Å². The van der Waals surface area contributed by atoms with Crippen molar-refractivity contribution in [3.8, 4) is 5.69 Å². The number of carbonyl (C=O) groups excluding carboxylic acids is 1. The summed E-state index contributed by atoms with van der Waals surface area (Å²) in [4.78, 5) is 31.1. The van der Waals surface area contributed by atoms with Gasteiger partial charge in [-0.25, -0.2) is 4.79 Å². The number of pyridine rings is 1. The molecule has 0 radical (unpaired) electrons. The van der Waals surface area contributed by atoms with E-state index < -0.39 is 0 Å². The number of rotatable bonds is 3. The van der Waals surface area contributed by atoms with E-state index in [1.54, 1.807) is 47.4 Å². The molecule has 0 unspecified atom stereocenters. The van der Waals surface area contributed by atoms with Crippen LogP contribution in [0.3, 0.4) is 0 Å². The molecule has 4 rings (SSSR count). The molecule has 0 aliphatic carbocycles. The van der Waals surface area contributed by atoms with E-state index in [4.69, 9.17) is 0 Å². The van der Waals surface area contributed by atoms with Crippen molar-refractivity contribution in [2.75, 3.05) is 14.1 Å². The maximum absolute atomic E-state index is 13.1. The van der Waals surface area contributed by atoms with Crippen LogP contribution in [-0.4, -0.2) is 48.8 Å². The molecule has 0 saturated carbocycles. The Kier molecular flexibility index (Phi) is 4.34. The van der Waals surface area contributed by atoms with E-state index in [9.17, 15) is 9.59 Å². The third kappa shape index (κ3) is 2.82. The standard InChI is InChI=1S/C19H19BrN6O2/c1-11-16(9-25(22-11)10-17(27)23(2)3)26-18-13-7-12(20)5-6-14(13)21-8-15(18)24(4)19(26)28/h5-9H,10H2,1-4H3. The molecule has 1 amide bonds. The third-order valence-electron chi connectivity index (χ3n) is 4.80. The molecular weight excluding hydrogens is 424 g/mol.